The molecule has 1 aliphatic heterocycles. The van der Waals surface area contributed by atoms with E-state index in [0.29, 0.717) is 24.2 Å². The molecule has 6 rings (SSSR count). The Hall–Kier alpha value is -2.61. The number of nitrogens with zero attached hydrogens (tertiary/aromatic N) is 7. The average molecular weight is 420 g/mol. The Balaban J connectivity index is 1.36. The van der Waals surface area contributed by atoms with E-state index in [-0.39, 0.29) is 12.2 Å². The monoisotopic (exact) mass is 419 g/mol. The number of aromatic nitrogens is 6. The van der Waals surface area contributed by atoms with E-state index in [1.165, 1.54) is 32.1 Å². The third kappa shape index (κ3) is 3.46. The Morgan fingerprint density at radius 1 is 0.968 bits per heavy atom. The first-order chi connectivity index (χ1) is 15.0. The highest BCUT2D eigenvalue weighted by Crippen LogP contribution is 2.39. The molecule has 8 heteroatoms. The summed E-state index contributed by atoms with van der Waals surface area (Å²) in [4.78, 5) is 21.8. The van der Waals surface area contributed by atoms with Crippen LogP contribution in [0.4, 0.5) is 5.95 Å². The molecule has 0 bridgehead atoms. The lowest BCUT2D eigenvalue weighted by molar-refractivity contribution is -0.0179. The lowest BCUT2D eigenvalue weighted by Crippen LogP contribution is -2.43. The van der Waals surface area contributed by atoms with Gasteiger partial charge in [-0.2, -0.15) is 10.1 Å². The summed E-state index contributed by atoms with van der Waals surface area (Å²) in [5.41, 5.74) is 5.68. The third-order valence-corrected chi connectivity index (χ3v) is 6.91. The van der Waals surface area contributed by atoms with Crippen molar-refractivity contribution < 1.29 is 4.74 Å². The van der Waals surface area contributed by atoms with Crippen LogP contribution in [0.5, 0.6) is 0 Å². The number of morpholine rings is 1. The van der Waals surface area contributed by atoms with Crippen LogP contribution in [0.3, 0.4) is 0 Å². The Bertz CT molecular complexity index is 1130. The molecule has 2 aliphatic carbocycles. The molecule has 0 unspecified atom stereocenters. The molecular weight excluding hydrogens is 390 g/mol. The van der Waals surface area contributed by atoms with E-state index < -0.39 is 0 Å². The number of fused-ring (bicyclic) bond motifs is 1. The van der Waals surface area contributed by atoms with Gasteiger partial charge in [-0.25, -0.2) is 15.0 Å². The summed E-state index contributed by atoms with van der Waals surface area (Å²) in [6.07, 6.45) is 10.2. The van der Waals surface area contributed by atoms with Gasteiger partial charge in [0.15, 0.2) is 5.65 Å². The van der Waals surface area contributed by atoms with Crippen molar-refractivity contribution in [2.75, 3.05) is 18.0 Å². The SMILES string of the molecule is Cc1nc2nc(N3C[C@@H](c4cnn(C5CC5)c4)O[C@@H](C)C3)nc(C3CCC3)c2nc1C. The topological polar surface area (TPSA) is 81.9 Å². The van der Waals surface area contributed by atoms with Gasteiger partial charge in [-0.1, -0.05) is 6.42 Å². The Kier molecular flexibility index (Phi) is 4.45. The molecule has 162 valence electrons. The van der Waals surface area contributed by atoms with E-state index in [0.717, 1.165) is 40.7 Å². The molecule has 0 amide bonds. The van der Waals surface area contributed by atoms with Crippen molar-refractivity contribution >= 4 is 17.1 Å². The van der Waals surface area contributed by atoms with Crippen molar-refractivity contribution in [3.8, 4) is 0 Å². The molecule has 4 heterocycles. The second kappa shape index (κ2) is 7.22. The highest BCUT2D eigenvalue weighted by molar-refractivity contribution is 5.75. The molecule has 0 spiro atoms. The standard InChI is InChI=1S/C23H29N7O/c1-13-10-29(12-19(31-13)17-9-24-30(11-17)18-7-8-18)23-27-20(16-5-4-6-16)21-22(28-23)26-15(3)14(2)25-21/h9,11,13,16,18-19H,4-8,10,12H2,1-3H3/t13-,19-/m0/s1. The smallest absolute Gasteiger partial charge is 0.227 e. The van der Waals surface area contributed by atoms with E-state index in [4.69, 9.17) is 24.7 Å². The molecule has 2 atom stereocenters. The normalized spacial score (nSPS) is 24.5. The van der Waals surface area contributed by atoms with Gasteiger partial charge >= 0.3 is 0 Å². The quantitative estimate of drug-likeness (QED) is 0.636. The van der Waals surface area contributed by atoms with Crippen molar-refractivity contribution in [3.63, 3.8) is 0 Å². The number of hydrogen-bond acceptors (Lipinski definition) is 7. The van der Waals surface area contributed by atoms with E-state index in [9.17, 15) is 0 Å². The van der Waals surface area contributed by atoms with Crippen LogP contribution >= 0.6 is 0 Å². The number of hydrogen-bond donors (Lipinski definition) is 0. The molecule has 2 saturated carbocycles. The van der Waals surface area contributed by atoms with Crippen LogP contribution in [0.1, 0.15) is 79.7 Å². The highest BCUT2D eigenvalue weighted by Gasteiger charge is 2.32. The second-order valence-electron chi connectivity index (χ2n) is 9.43. The summed E-state index contributed by atoms with van der Waals surface area (Å²) in [5.74, 6) is 1.22. The molecule has 3 fully saturated rings. The number of anilines is 1. The second-order valence-corrected chi connectivity index (χ2v) is 9.43. The minimum absolute atomic E-state index is 0.0338. The van der Waals surface area contributed by atoms with E-state index in [1.807, 2.05) is 20.0 Å². The summed E-state index contributed by atoms with van der Waals surface area (Å²) in [6.45, 7) is 7.61. The van der Waals surface area contributed by atoms with Crippen LogP contribution in [0, 0.1) is 13.8 Å². The molecule has 3 aromatic rings. The first-order valence-corrected chi connectivity index (χ1v) is 11.5. The fourth-order valence-corrected chi connectivity index (χ4v) is 4.59. The number of rotatable bonds is 4. The zero-order valence-corrected chi connectivity index (χ0v) is 18.5. The zero-order valence-electron chi connectivity index (χ0n) is 18.5. The lowest BCUT2D eigenvalue weighted by Gasteiger charge is -2.37. The summed E-state index contributed by atoms with van der Waals surface area (Å²) < 4.78 is 8.38. The van der Waals surface area contributed by atoms with Gasteiger partial charge in [0, 0.05) is 24.2 Å². The minimum atomic E-state index is -0.0338. The molecule has 3 aliphatic rings. The number of aryl methyl sites for hydroxylation is 2. The predicted octanol–water partition coefficient (Wildman–Crippen LogP) is 3.80. The van der Waals surface area contributed by atoms with E-state index >= 15 is 0 Å². The maximum absolute atomic E-state index is 6.29. The summed E-state index contributed by atoms with van der Waals surface area (Å²) in [6, 6.07) is 0.574. The van der Waals surface area contributed by atoms with E-state index in [1.54, 1.807) is 0 Å². The summed E-state index contributed by atoms with van der Waals surface area (Å²) >= 11 is 0. The first-order valence-electron chi connectivity index (χ1n) is 11.5. The highest BCUT2D eigenvalue weighted by atomic mass is 16.5. The van der Waals surface area contributed by atoms with Gasteiger partial charge in [-0.15, -0.1) is 0 Å². The van der Waals surface area contributed by atoms with Gasteiger partial charge in [-0.3, -0.25) is 4.68 Å². The lowest BCUT2D eigenvalue weighted by atomic mass is 9.82. The molecule has 0 radical (unpaired) electrons. The molecule has 8 nitrogen and oxygen atoms in total. The van der Waals surface area contributed by atoms with Crippen molar-refractivity contribution in [2.45, 2.75) is 77.0 Å². The predicted molar refractivity (Wildman–Crippen MR) is 117 cm³/mol. The van der Waals surface area contributed by atoms with Crippen molar-refractivity contribution in [1.82, 2.24) is 29.7 Å². The van der Waals surface area contributed by atoms with Gasteiger partial charge < -0.3 is 9.64 Å². The molecule has 31 heavy (non-hydrogen) atoms. The molecule has 0 aromatic carbocycles. The fraction of sp³-hybridized carbons (Fsp3) is 0.609. The Morgan fingerprint density at radius 2 is 1.77 bits per heavy atom. The maximum Gasteiger partial charge on any atom is 0.227 e. The molecule has 0 N–H and O–H groups in total. The number of ether oxygens (including phenoxy) is 1. The van der Waals surface area contributed by atoms with E-state index in [2.05, 4.69) is 27.8 Å². The molecule has 1 saturated heterocycles. The van der Waals surface area contributed by atoms with Crippen molar-refractivity contribution in [1.29, 1.82) is 0 Å². The largest absolute Gasteiger partial charge is 0.367 e. The zero-order chi connectivity index (χ0) is 21.1. The Morgan fingerprint density at radius 3 is 2.52 bits per heavy atom. The van der Waals surface area contributed by atoms with Crippen LogP contribution in [-0.2, 0) is 4.74 Å². The first kappa shape index (κ1) is 19.1. The maximum atomic E-state index is 6.29. The van der Waals surface area contributed by atoms with Crippen LogP contribution in [0.2, 0.25) is 0 Å². The van der Waals surface area contributed by atoms with Gasteiger partial charge in [-0.05, 0) is 46.5 Å². The van der Waals surface area contributed by atoms with Crippen LogP contribution in [-0.4, -0.2) is 48.9 Å². The molecule has 3 aromatic heterocycles. The van der Waals surface area contributed by atoms with Gasteiger partial charge in [0.25, 0.3) is 0 Å². The van der Waals surface area contributed by atoms with Gasteiger partial charge in [0.1, 0.15) is 11.6 Å². The van der Waals surface area contributed by atoms with Gasteiger partial charge in [0.05, 0.1) is 42.0 Å². The van der Waals surface area contributed by atoms with Crippen LogP contribution < -0.4 is 4.90 Å². The van der Waals surface area contributed by atoms with Gasteiger partial charge in [0.2, 0.25) is 5.95 Å². The van der Waals surface area contributed by atoms with Crippen LogP contribution in [0.15, 0.2) is 12.4 Å². The minimum Gasteiger partial charge on any atom is -0.367 e. The Labute approximate surface area is 182 Å². The average Bonchev–Trinajstić information content (AvgIpc) is 3.44. The van der Waals surface area contributed by atoms with Crippen LogP contribution in [0.25, 0.3) is 11.2 Å². The third-order valence-electron chi connectivity index (χ3n) is 6.91. The fourth-order valence-electron chi connectivity index (χ4n) is 4.59. The summed E-state index contributed by atoms with van der Waals surface area (Å²) in [7, 11) is 0. The van der Waals surface area contributed by atoms with Crippen molar-refractivity contribution in [3.05, 3.63) is 35.0 Å². The van der Waals surface area contributed by atoms with Crippen molar-refractivity contribution in [2.24, 2.45) is 0 Å². The summed E-state index contributed by atoms with van der Waals surface area (Å²) in [5, 5.41) is 4.56. The molecular formula is C23H29N7O.